The van der Waals surface area contributed by atoms with Gasteiger partial charge < -0.3 is 15.4 Å². The summed E-state index contributed by atoms with van der Waals surface area (Å²) in [6.45, 7) is 13.7. The largest absolute Gasteiger partial charge is 0.493 e. The van der Waals surface area contributed by atoms with Crippen molar-refractivity contribution in [2.24, 2.45) is 5.92 Å². The van der Waals surface area contributed by atoms with Crippen LogP contribution in [0.1, 0.15) is 82.9 Å². The van der Waals surface area contributed by atoms with Crippen LogP contribution < -0.4 is 20.9 Å². The summed E-state index contributed by atoms with van der Waals surface area (Å²) in [7, 11) is 0. The number of rotatable bonds is 13. The lowest BCUT2D eigenvalue weighted by atomic mass is 9.93. The summed E-state index contributed by atoms with van der Waals surface area (Å²) in [6, 6.07) is 21.1. The molecule has 0 fully saturated rings. The molecule has 2 N–H and O–H groups in total. The highest BCUT2D eigenvalue weighted by atomic mass is 16.5. The summed E-state index contributed by atoms with van der Waals surface area (Å²) in [4.78, 5) is 37.3. The van der Waals surface area contributed by atoms with Gasteiger partial charge in [0.15, 0.2) is 0 Å². The molecule has 0 unspecified atom stereocenters. The van der Waals surface area contributed by atoms with E-state index < -0.39 is 6.03 Å². The Morgan fingerprint density at radius 1 is 0.854 bits per heavy atom. The molecule has 0 bridgehead atoms. The molecule has 8 nitrogen and oxygen atoms in total. The molecular formula is C40H47N5O3. The number of aryl methyl sites for hydroxylation is 1. The fourth-order valence-electron chi connectivity index (χ4n) is 6.09. The number of fused-ring (bicyclic) bond motifs is 1. The molecule has 0 aliphatic rings. The zero-order valence-electron chi connectivity index (χ0n) is 28.9. The van der Waals surface area contributed by atoms with E-state index in [1.807, 2.05) is 72.9 Å². The third-order valence-electron chi connectivity index (χ3n) is 8.54. The molecule has 0 saturated heterocycles. The first-order valence-corrected chi connectivity index (χ1v) is 17.0. The van der Waals surface area contributed by atoms with Gasteiger partial charge in [-0.25, -0.2) is 9.78 Å². The zero-order valence-corrected chi connectivity index (χ0v) is 28.9. The van der Waals surface area contributed by atoms with Crippen molar-refractivity contribution >= 4 is 28.4 Å². The fourth-order valence-corrected chi connectivity index (χ4v) is 6.09. The van der Waals surface area contributed by atoms with Crippen molar-refractivity contribution < 1.29 is 9.53 Å². The predicted molar refractivity (Wildman–Crippen MR) is 196 cm³/mol. The van der Waals surface area contributed by atoms with Crippen LogP contribution in [0, 0.1) is 5.92 Å². The number of anilines is 2. The van der Waals surface area contributed by atoms with Crippen molar-refractivity contribution in [3.63, 3.8) is 0 Å². The third kappa shape index (κ3) is 8.11. The van der Waals surface area contributed by atoms with Crippen molar-refractivity contribution in [3.8, 4) is 16.9 Å². The van der Waals surface area contributed by atoms with E-state index in [0.29, 0.717) is 42.5 Å². The summed E-state index contributed by atoms with van der Waals surface area (Å²) >= 11 is 0. The average Bonchev–Trinajstić information content (AvgIpc) is 3.06. The van der Waals surface area contributed by atoms with Crippen LogP contribution in [0.4, 0.5) is 16.2 Å². The van der Waals surface area contributed by atoms with E-state index in [9.17, 15) is 9.59 Å². The number of carbonyl (C=O) groups is 1. The molecule has 0 radical (unpaired) electrons. The normalized spacial score (nSPS) is 11.4. The molecule has 2 amide bonds. The molecule has 0 spiro atoms. The van der Waals surface area contributed by atoms with Crippen molar-refractivity contribution in [1.82, 2.24) is 14.5 Å². The number of ether oxygens (including phenoxy) is 1. The van der Waals surface area contributed by atoms with Crippen LogP contribution in [0.5, 0.6) is 5.75 Å². The number of amides is 2. The molecule has 2 aromatic carbocycles. The highest BCUT2D eigenvalue weighted by Crippen LogP contribution is 2.36. The Kier molecular flexibility index (Phi) is 11.3. The maximum atomic E-state index is 14.4. The van der Waals surface area contributed by atoms with Gasteiger partial charge in [0.05, 0.1) is 6.61 Å². The van der Waals surface area contributed by atoms with E-state index in [0.717, 1.165) is 46.2 Å². The van der Waals surface area contributed by atoms with Gasteiger partial charge in [0.2, 0.25) is 0 Å². The molecule has 3 aromatic heterocycles. The van der Waals surface area contributed by atoms with Gasteiger partial charge in [-0.05, 0) is 83.2 Å². The van der Waals surface area contributed by atoms with Crippen LogP contribution in [0.15, 0.2) is 90.1 Å². The second kappa shape index (κ2) is 15.7. The van der Waals surface area contributed by atoms with Gasteiger partial charge in [0.25, 0.3) is 5.56 Å². The molecule has 5 rings (SSSR count). The first kappa shape index (κ1) is 34.4. The quantitative estimate of drug-likeness (QED) is 0.133. The molecule has 3 heterocycles. The van der Waals surface area contributed by atoms with Gasteiger partial charge in [-0.1, -0.05) is 77.9 Å². The molecule has 0 aliphatic heterocycles. The molecule has 0 aliphatic carbocycles. The standard InChI is InChI=1S/C40H47N5O3/c1-26(2)12-11-22-45-38-34(18-10-21-42-38)35(30-14-7-15-31(24-30)48-23-19-29-13-9-20-41-25-29)37(39(45)46)44-40(47)43-36-32(27(3)4)16-8-17-33(36)28(5)6/h7-10,13-18,20-21,24-28H,11-12,19,22-23H2,1-6H3,(H2,43,44,47). The van der Waals surface area contributed by atoms with Crippen molar-refractivity contribution in [2.45, 2.75) is 79.2 Å². The second-order valence-electron chi connectivity index (χ2n) is 13.3. The first-order valence-electron chi connectivity index (χ1n) is 17.0. The van der Waals surface area contributed by atoms with Crippen LogP contribution in [0.2, 0.25) is 0 Å². The van der Waals surface area contributed by atoms with E-state index in [-0.39, 0.29) is 23.1 Å². The van der Waals surface area contributed by atoms with Crippen LogP contribution >= 0.6 is 0 Å². The Labute approximate surface area is 283 Å². The number of hydrogen-bond acceptors (Lipinski definition) is 5. The lowest BCUT2D eigenvalue weighted by molar-refractivity contribution is 0.262. The summed E-state index contributed by atoms with van der Waals surface area (Å²) in [5.74, 6) is 1.55. The number of para-hydroxylation sites is 1. The predicted octanol–water partition coefficient (Wildman–Crippen LogP) is 9.41. The second-order valence-corrected chi connectivity index (χ2v) is 13.3. The van der Waals surface area contributed by atoms with Crippen LogP contribution in [0.3, 0.4) is 0 Å². The molecule has 48 heavy (non-hydrogen) atoms. The van der Waals surface area contributed by atoms with Crippen LogP contribution in [-0.2, 0) is 13.0 Å². The monoisotopic (exact) mass is 645 g/mol. The van der Waals surface area contributed by atoms with E-state index in [2.05, 4.69) is 62.1 Å². The molecule has 0 saturated carbocycles. The number of benzene rings is 2. The number of urea groups is 1. The lowest BCUT2D eigenvalue weighted by Gasteiger charge is -2.22. The molecule has 250 valence electrons. The van der Waals surface area contributed by atoms with E-state index in [1.165, 1.54) is 0 Å². The average molecular weight is 646 g/mol. The third-order valence-corrected chi connectivity index (χ3v) is 8.54. The summed E-state index contributed by atoms with van der Waals surface area (Å²) in [5, 5.41) is 6.92. The topological polar surface area (TPSA) is 98.1 Å². The van der Waals surface area contributed by atoms with Crippen LogP contribution in [-0.4, -0.2) is 27.2 Å². The summed E-state index contributed by atoms with van der Waals surface area (Å²) < 4.78 is 7.86. The minimum atomic E-state index is -0.468. The van der Waals surface area contributed by atoms with Gasteiger partial charge in [-0.3, -0.25) is 14.3 Å². The van der Waals surface area contributed by atoms with Gasteiger partial charge in [-0.15, -0.1) is 0 Å². The first-order chi connectivity index (χ1) is 23.1. The smallest absolute Gasteiger partial charge is 0.323 e. The highest BCUT2D eigenvalue weighted by Gasteiger charge is 2.23. The van der Waals surface area contributed by atoms with E-state index >= 15 is 0 Å². The summed E-state index contributed by atoms with van der Waals surface area (Å²) in [6.07, 6.45) is 7.78. The fraction of sp³-hybridized carbons (Fsp3) is 0.350. The Balaban J connectivity index is 1.58. The Morgan fingerprint density at radius 3 is 2.25 bits per heavy atom. The molecule has 5 aromatic rings. The van der Waals surface area contributed by atoms with Gasteiger partial charge >= 0.3 is 6.03 Å². The number of nitrogens with one attached hydrogen (secondary N) is 2. The van der Waals surface area contributed by atoms with E-state index in [4.69, 9.17) is 4.74 Å². The number of carbonyl (C=O) groups excluding carboxylic acids is 1. The Bertz CT molecular complexity index is 1890. The van der Waals surface area contributed by atoms with Crippen molar-refractivity contribution in [3.05, 3.63) is 112 Å². The maximum Gasteiger partial charge on any atom is 0.323 e. The number of pyridine rings is 3. The number of hydrogen-bond donors (Lipinski definition) is 2. The zero-order chi connectivity index (χ0) is 34.2. The van der Waals surface area contributed by atoms with Crippen LogP contribution in [0.25, 0.3) is 22.2 Å². The summed E-state index contributed by atoms with van der Waals surface area (Å²) in [5.41, 5.74) is 5.81. The van der Waals surface area contributed by atoms with Gasteiger partial charge in [0, 0.05) is 48.2 Å². The maximum absolute atomic E-state index is 14.4. The minimum absolute atomic E-state index is 0.195. The van der Waals surface area contributed by atoms with Crippen molar-refractivity contribution in [1.29, 1.82) is 0 Å². The lowest BCUT2D eigenvalue weighted by Crippen LogP contribution is -2.30. The highest BCUT2D eigenvalue weighted by molar-refractivity contribution is 6.07. The van der Waals surface area contributed by atoms with Crippen molar-refractivity contribution in [2.75, 3.05) is 17.2 Å². The van der Waals surface area contributed by atoms with Gasteiger partial charge in [-0.2, -0.15) is 0 Å². The Hall–Kier alpha value is -4.98. The van der Waals surface area contributed by atoms with E-state index in [1.54, 1.807) is 17.0 Å². The molecular weight excluding hydrogens is 598 g/mol. The molecule has 8 heteroatoms. The number of aromatic nitrogens is 3. The molecule has 0 atom stereocenters. The SMILES string of the molecule is CC(C)CCCn1c(=O)c(NC(=O)Nc2c(C(C)C)cccc2C(C)C)c(-c2cccc(OCCc3cccnc3)c2)c2cccnc21. The number of nitrogens with zero attached hydrogens (tertiary/aromatic N) is 3. The minimum Gasteiger partial charge on any atom is -0.493 e. The van der Waals surface area contributed by atoms with Gasteiger partial charge in [0.1, 0.15) is 17.1 Å². The Morgan fingerprint density at radius 2 is 1.56 bits per heavy atom.